The molecular weight excluding hydrogens is 358 g/mol. The molecule has 138 valence electrons. The zero-order valence-electron chi connectivity index (χ0n) is 14.3. The van der Waals surface area contributed by atoms with Gasteiger partial charge < -0.3 is 0 Å². The number of sulfonamides is 1. The maximum Gasteiger partial charge on any atom is 0.270 e. The van der Waals surface area contributed by atoms with E-state index in [2.05, 4.69) is 5.43 Å². The molecule has 0 saturated carbocycles. The number of nitro benzene ring substituents is 1. The molecule has 0 unspecified atom stereocenters. The highest BCUT2D eigenvalue weighted by Gasteiger charge is 2.17. The van der Waals surface area contributed by atoms with E-state index in [9.17, 15) is 23.3 Å². The second-order valence-corrected chi connectivity index (χ2v) is 7.43. The monoisotopic (exact) mass is 377 g/mol. The molecule has 2 aromatic carbocycles. The number of nitrogens with one attached hydrogen (secondary N) is 2. The quantitative estimate of drug-likeness (QED) is 0.568. The van der Waals surface area contributed by atoms with E-state index in [1.54, 1.807) is 12.1 Å². The first-order valence-electron chi connectivity index (χ1n) is 7.91. The van der Waals surface area contributed by atoms with E-state index in [1.165, 1.54) is 30.3 Å². The fourth-order valence-electron chi connectivity index (χ4n) is 2.22. The number of carbonyl (C=O) groups is 1. The van der Waals surface area contributed by atoms with Crippen molar-refractivity contribution >= 4 is 21.6 Å². The van der Waals surface area contributed by atoms with Crippen molar-refractivity contribution < 1.29 is 18.1 Å². The third-order valence-corrected chi connectivity index (χ3v) is 5.25. The van der Waals surface area contributed by atoms with Gasteiger partial charge >= 0.3 is 0 Å². The Hall–Kier alpha value is -2.78. The Morgan fingerprint density at radius 3 is 2.42 bits per heavy atom. The van der Waals surface area contributed by atoms with Gasteiger partial charge in [0.05, 0.1) is 9.82 Å². The van der Waals surface area contributed by atoms with Crippen LogP contribution in [0.25, 0.3) is 0 Å². The molecule has 0 heterocycles. The SMILES string of the molecule is CC[C@H](C)c1ccc(S(=O)(=O)NNC(=O)c2cccc([N+](=O)[O-])c2)cc1. The van der Waals surface area contributed by atoms with E-state index < -0.39 is 20.9 Å². The highest BCUT2D eigenvalue weighted by molar-refractivity contribution is 7.89. The van der Waals surface area contributed by atoms with Crippen molar-refractivity contribution in [1.82, 2.24) is 10.3 Å². The van der Waals surface area contributed by atoms with Crippen molar-refractivity contribution in [2.75, 3.05) is 0 Å². The summed E-state index contributed by atoms with van der Waals surface area (Å²) in [6.45, 7) is 4.08. The van der Waals surface area contributed by atoms with Gasteiger partial charge in [-0.1, -0.05) is 32.0 Å². The number of nitro groups is 1. The molecule has 0 spiro atoms. The van der Waals surface area contributed by atoms with Crippen LogP contribution in [0, 0.1) is 10.1 Å². The minimum Gasteiger partial charge on any atom is -0.273 e. The molecule has 26 heavy (non-hydrogen) atoms. The van der Waals surface area contributed by atoms with E-state index in [-0.39, 0.29) is 16.1 Å². The van der Waals surface area contributed by atoms with Crippen LogP contribution in [0.1, 0.15) is 42.1 Å². The Bertz CT molecular complexity index is 910. The second-order valence-electron chi connectivity index (χ2n) is 5.75. The molecule has 0 aliphatic heterocycles. The standard InChI is InChI=1S/C17H19N3O5S/c1-3-12(2)13-7-9-16(10-8-13)26(24,25)19-18-17(21)14-5-4-6-15(11-14)20(22)23/h4-12,19H,3H2,1-2H3,(H,18,21)/t12-/m0/s1. The van der Waals surface area contributed by atoms with Crippen LogP contribution >= 0.6 is 0 Å². The molecule has 0 aromatic heterocycles. The smallest absolute Gasteiger partial charge is 0.270 e. The van der Waals surface area contributed by atoms with Gasteiger partial charge in [-0.25, -0.2) is 8.42 Å². The maximum absolute atomic E-state index is 12.3. The molecule has 9 heteroatoms. The summed E-state index contributed by atoms with van der Waals surface area (Å²) in [5.41, 5.74) is 2.78. The lowest BCUT2D eigenvalue weighted by Gasteiger charge is -2.11. The largest absolute Gasteiger partial charge is 0.273 e. The van der Waals surface area contributed by atoms with Crippen LogP contribution in [0.15, 0.2) is 53.4 Å². The Kier molecular flexibility index (Phi) is 6.06. The maximum atomic E-state index is 12.3. The number of hydrazine groups is 1. The van der Waals surface area contributed by atoms with Crippen molar-refractivity contribution in [3.8, 4) is 0 Å². The topological polar surface area (TPSA) is 118 Å². The first-order chi connectivity index (χ1) is 12.2. The molecular formula is C17H19N3O5S. The van der Waals surface area contributed by atoms with Gasteiger partial charge in [0.2, 0.25) is 0 Å². The molecule has 0 fully saturated rings. The normalized spacial score (nSPS) is 12.4. The summed E-state index contributed by atoms with van der Waals surface area (Å²) in [5.74, 6) is -0.484. The molecule has 0 saturated heterocycles. The van der Waals surface area contributed by atoms with Gasteiger partial charge in [0.1, 0.15) is 0 Å². The molecule has 0 bridgehead atoms. The zero-order chi connectivity index (χ0) is 19.3. The number of amides is 1. The predicted molar refractivity (Wildman–Crippen MR) is 96.0 cm³/mol. The fraction of sp³-hybridized carbons (Fsp3) is 0.235. The average molecular weight is 377 g/mol. The lowest BCUT2D eigenvalue weighted by molar-refractivity contribution is -0.384. The summed E-state index contributed by atoms with van der Waals surface area (Å²) in [4.78, 5) is 24.1. The van der Waals surface area contributed by atoms with Crippen LogP contribution in [0.3, 0.4) is 0 Å². The molecule has 8 nitrogen and oxygen atoms in total. The summed E-state index contributed by atoms with van der Waals surface area (Å²) in [6.07, 6.45) is 0.934. The molecule has 0 aliphatic carbocycles. The lowest BCUT2D eigenvalue weighted by atomic mass is 9.99. The van der Waals surface area contributed by atoms with E-state index >= 15 is 0 Å². The Morgan fingerprint density at radius 2 is 1.85 bits per heavy atom. The Labute approximate surface area is 151 Å². The van der Waals surface area contributed by atoms with Gasteiger partial charge in [-0.05, 0) is 36.1 Å². The van der Waals surface area contributed by atoms with Gasteiger partial charge in [0, 0.05) is 17.7 Å². The van der Waals surface area contributed by atoms with Crippen LogP contribution in [0.4, 0.5) is 5.69 Å². The van der Waals surface area contributed by atoms with E-state index in [0.29, 0.717) is 5.92 Å². The van der Waals surface area contributed by atoms with Gasteiger partial charge in [-0.15, -0.1) is 4.83 Å². The summed E-state index contributed by atoms with van der Waals surface area (Å²) < 4.78 is 24.5. The molecule has 1 amide bonds. The summed E-state index contributed by atoms with van der Waals surface area (Å²) in [6, 6.07) is 11.4. The van der Waals surface area contributed by atoms with Crippen molar-refractivity contribution in [2.24, 2.45) is 0 Å². The molecule has 2 N–H and O–H groups in total. The number of nitrogens with zero attached hydrogens (tertiary/aromatic N) is 1. The van der Waals surface area contributed by atoms with Gasteiger partial charge in [-0.3, -0.25) is 20.3 Å². The number of rotatable bonds is 7. The summed E-state index contributed by atoms with van der Waals surface area (Å²) in [5, 5.41) is 10.7. The van der Waals surface area contributed by atoms with Crippen LogP contribution < -0.4 is 10.3 Å². The average Bonchev–Trinajstić information content (AvgIpc) is 2.65. The molecule has 1 atom stereocenters. The zero-order valence-corrected chi connectivity index (χ0v) is 15.1. The molecule has 2 aromatic rings. The van der Waals surface area contributed by atoms with Crippen molar-refractivity contribution in [3.63, 3.8) is 0 Å². The van der Waals surface area contributed by atoms with E-state index in [0.717, 1.165) is 18.1 Å². The predicted octanol–water partition coefficient (Wildman–Crippen LogP) is 2.73. The number of carbonyl (C=O) groups excluding carboxylic acids is 1. The number of non-ortho nitro benzene ring substituents is 1. The molecule has 0 radical (unpaired) electrons. The van der Waals surface area contributed by atoms with Crippen molar-refractivity contribution in [3.05, 3.63) is 69.8 Å². The third-order valence-electron chi connectivity index (χ3n) is 3.99. The van der Waals surface area contributed by atoms with Gasteiger partial charge in [0.15, 0.2) is 0 Å². The summed E-state index contributed by atoms with van der Waals surface area (Å²) >= 11 is 0. The van der Waals surface area contributed by atoms with Crippen LogP contribution in [-0.2, 0) is 10.0 Å². The van der Waals surface area contributed by atoms with Crippen LogP contribution in [-0.4, -0.2) is 19.2 Å². The summed E-state index contributed by atoms with van der Waals surface area (Å²) in [7, 11) is -3.95. The highest BCUT2D eigenvalue weighted by Crippen LogP contribution is 2.20. The van der Waals surface area contributed by atoms with E-state index in [4.69, 9.17) is 0 Å². The molecule has 2 rings (SSSR count). The fourth-order valence-corrected chi connectivity index (χ4v) is 3.06. The Balaban J connectivity index is 2.09. The van der Waals surface area contributed by atoms with Crippen LogP contribution in [0.2, 0.25) is 0 Å². The number of benzene rings is 2. The van der Waals surface area contributed by atoms with Gasteiger partial charge in [-0.2, -0.15) is 0 Å². The first kappa shape index (κ1) is 19.5. The van der Waals surface area contributed by atoms with E-state index in [1.807, 2.05) is 18.7 Å². The first-order valence-corrected chi connectivity index (χ1v) is 9.39. The Morgan fingerprint density at radius 1 is 1.19 bits per heavy atom. The minimum absolute atomic E-state index is 0.00361. The molecule has 0 aliphatic rings. The van der Waals surface area contributed by atoms with Crippen LogP contribution in [0.5, 0.6) is 0 Å². The second kappa shape index (κ2) is 8.07. The van der Waals surface area contributed by atoms with Crippen molar-refractivity contribution in [1.29, 1.82) is 0 Å². The van der Waals surface area contributed by atoms with Gasteiger partial charge in [0.25, 0.3) is 21.6 Å². The third kappa shape index (κ3) is 4.64. The number of hydrogen-bond donors (Lipinski definition) is 2. The number of hydrogen-bond acceptors (Lipinski definition) is 5. The van der Waals surface area contributed by atoms with Crippen molar-refractivity contribution in [2.45, 2.75) is 31.1 Å². The minimum atomic E-state index is -3.95. The lowest BCUT2D eigenvalue weighted by Crippen LogP contribution is -2.41. The highest BCUT2D eigenvalue weighted by atomic mass is 32.2.